The summed E-state index contributed by atoms with van der Waals surface area (Å²) in [5, 5.41) is 17.2. The lowest BCUT2D eigenvalue weighted by molar-refractivity contribution is 0.479. The monoisotopic (exact) mass is 347 g/mol. The molecule has 8 nitrogen and oxygen atoms in total. The highest BCUT2D eigenvalue weighted by Gasteiger charge is 2.13. The number of ether oxygens (including phenoxy) is 1. The Morgan fingerprint density at radius 1 is 1.15 bits per heavy atom. The minimum Gasteiger partial charge on any atom is -0.455 e. The Balaban J connectivity index is 2.01. The Labute approximate surface area is 150 Å². The maximum Gasteiger partial charge on any atom is 0.162 e. The number of hydrogen-bond donors (Lipinski definition) is 1. The van der Waals surface area contributed by atoms with Crippen molar-refractivity contribution in [3.05, 3.63) is 54.0 Å². The van der Waals surface area contributed by atoms with E-state index in [2.05, 4.69) is 26.2 Å². The summed E-state index contributed by atoms with van der Waals surface area (Å²) in [5.41, 5.74) is 7.55. The zero-order chi connectivity index (χ0) is 18.5. The molecule has 2 N–H and O–H groups in total. The minimum atomic E-state index is 0.368. The zero-order valence-corrected chi connectivity index (χ0v) is 14.4. The van der Waals surface area contributed by atoms with Gasteiger partial charge in [0.25, 0.3) is 0 Å². The van der Waals surface area contributed by atoms with E-state index >= 15 is 0 Å². The molecule has 130 valence electrons. The van der Waals surface area contributed by atoms with Gasteiger partial charge in [0.05, 0.1) is 23.4 Å². The van der Waals surface area contributed by atoms with Crippen LogP contribution in [0, 0.1) is 11.3 Å². The molecule has 0 saturated heterocycles. The molecule has 0 radical (unpaired) electrons. The van der Waals surface area contributed by atoms with E-state index in [1.165, 1.54) is 6.20 Å². The molecular weight excluding hydrogens is 330 g/mol. The molecule has 0 unspecified atom stereocenters. The maximum atomic E-state index is 9.20. The minimum absolute atomic E-state index is 0.368. The molecule has 0 saturated carbocycles. The van der Waals surface area contributed by atoms with Gasteiger partial charge < -0.3 is 15.4 Å². The fourth-order valence-electron chi connectivity index (χ4n) is 2.20. The van der Waals surface area contributed by atoms with Gasteiger partial charge in [-0.15, -0.1) is 5.10 Å². The molecule has 0 fully saturated rings. The first-order chi connectivity index (χ1) is 12.6. The number of nitrogens with two attached hydrogens (primary N) is 1. The van der Waals surface area contributed by atoms with Gasteiger partial charge in [0.1, 0.15) is 5.75 Å². The van der Waals surface area contributed by atoms with Crippen molar-refractivity contribution in [3.63, 3.8) is 0 Å². The molecule has 0 spiro atoms. The summed E-state index contributed by atoms with van der Waals surface area (Å²) in [5.74, 6) is 2.10. The number of aromatic nitrogens is 4. The van der Waals surface area contributed by atoms with Crippen LogP contribution in [0.1, 0.15) is 11.1 Å². The molecule has 26 heavy (non-hydrogen) atoms. The number of nitrogens with zero attached hydrogens (tertiary/aromatic N) is 6. The fourth-order valence-corrected chi connectivity index (χ4v) is 2.20. The van der Waals surface area contributed by atoms with E-state index in [0.717, 1.165) is 5.56 Å². The molecule has 2 aromatic heterocycles. The van der Waals surface area contributed by atoms with Gasteiger partial charge in [-0.2, -0.15) is 10.4 Å². The summed E-state index contributed by atoms with van der Waals surface area (Å²) >= 11 is 0. The lowest BCUT2D eigenvalue weighted by Gasteiger charge is -2.13. The summed E-state index contributed by atoms with van der Waals surface area (Å²) in [6, 6.07) is 8.96. The van der Waals surface area contributed by atoms with Crippen LogP contribution in [0.15, 0.2) is 42.9 Å². The van der Waals surface area contributed by atoms with Gasteiger partial charge in [0, 0.05) is 44.7 Å². The molecule has 0 amide bonds. The predicted molar refractivity (Wildman–Crippen MR) is 96.5 cm³/mol. The molecule has 0 aliphatic carbocycles. The third-order valence-corrected chi connectivity index (χ3v) is 3.60. The second-order valence-corrected chi connectivity index (χ2v) is 5.69. The summed E-state index contributed by atoms with van der Waals surface area (Å²) in [4.78, 5) is 10.5. The van der Waals surface area contributed by atoms with E-state index in [1.54, 1.807) is 36.7 Å². The fraction of sp³-hybridized carbons (Fsp3) is 0.167. The first kappa shape index (κ1) is 17.3. The van der Waals surface area contributed by atoms with Gasteiger partial charge in [-0.05, 0) is 18.2 Å². The summed E-state index contributed by atoms with van der Waals surface area (Å²) < 4.78 is 5.97. The first-order valence-electron chi connectivity index (χ1n) is 7.84. The van der Waals surface area contributed by atoms with Crippen LogP contribution in [-0.2, 0) is 6.54 Å². The maximum absolute atomic E-state index is 9.20. The van der Waals surface area contributed by atoms with Gasteiger partial charge in [0.2, 0.25) is 0 Å². The standard InChI is InChI=1S/C18H17N7O/c1-25(2)17-6-14(11-23-24-17)26-16-5-12(7-19)3-4-15(16)18-21-9-13(8-20)10-22-18/h3-6,9-11H,8,20H2,1-2H3. The van der Waals surface area contributed by atoms with Crippen molar-refractivity contribution in [2.45, 2.75) is 6.54 Å². The average Bonchev–Trinajstić information content (AvgIpc) is 2.68. The van der Waals surface area contributed by atoms with Crippen LogP contribution in [0.5, 0.6) is 11.5 Å². The molecule has 3 rings (SSSR count). The number of hydrogen-bond acceptors (Lipinski definition) is 8. The number of anilines is 1. The van der Waals surface area contributed by atoms with Crippen molar-refractivity contribution in [3.8, 4) is 29.0 Å². The molecule has 1 aromatic carbocycles. The Morgan fingerprint density at radius 2 is 1.92 bits per heavy atom. The summed E-state index contributed by atoms with van der Waals surface area (Å²) in [6.45, 7) is 0.368. The second kappa shape index (κ2) is 7.55. The van der Waals surface area contributed by atoms with Crippen molar-refractivity contribution in [2.24, 2.45) is 5.73 Å². The van der Waals surface area contributed by atoms with E-state index in [4.69, 9.17) is 10.5 Å². The van der Waals surface area contributed by atoms with Gasteiger partial charge in [-0.3, -0.25) is 0 Å². The Kier molecular flexibility index (Phi) is 5.01. The van der Waals surface area contributed by atoms with Crippen LogP contribution >= 0.6 is 0 Å². The van der Waals surface area contributed by atoms with Crippen LogP contribution in [-0.4, -0.2) is 34.3 Å². The lowest BCUT2D eigenvalue weighted by Crippen LogP contribution is -2.11. The van der Waals surface area contributed by atoms with E-state index in [0.29, 0.717) is 40.8 Å². The van der Waals surface area contributed by atoms with Crippen LogP contribution < -0.4 is 15.4 Å². The number of benzene rings is 1. The van der Waals surface area contributed by atoms with E-state index < -0.39 is 0 Å². The second-order valence-electron chi connectivity index (χ2n) is 5.69. The number of rotatable bonds is 5. The normalized spacial score (nSPS) is 10.2. The zero-order valence-electron chi connectivity index (χ0n) is 14.4. The molecule has 0 bridgehead atoms. The van der Waals surface area contributed by atoms with Crippen molar-refractivity contribution in [2.75, 3.05) is 19.0 Å². The third-order valence-electron chi connectivity index (χ3n) is 3.60. The first-order valence-corrected chi connectivity index (χ1v) is 7.84. The molecule has 8 heteroatoms. The Hall–Kier alpha value is -3.57. The van der Waals surface area contributed by atoms with Crippen molar-refractivity contribution >= 4 is 5.82 Å². The van der Waals surface area contributed by atoms with E-state index in [9.17, 15) is 5.26 Å². The van der Waals surface area contributed by atoms with Gasteiger partial charge >= 0.3 is 0 Å². The largest absolute Gasteiger partial charge is 0.455 e. The molecule has 0 atom stereocenters. The molecule has 3 aromatic rings. The van der Waals surface area contributed by atoms with Crippen molar-refractivity contribution < 1.29 is 4.74 Å². The van der Waals surface area contributed by atoms with Gasteiger partial charge in [-0.1, -0.05) is 0 Å². The molecular formula is C18H17N7O. The Morgan fingerprint density at radius 3 is 2.58 bits per heavy atom. The third kappa shape index (κ3) is 3.74. The molecule has 2 heterocycles. The smallest absolute Gasteiger partial charge is 0.162 e. The van der Waals surface area contributed by atoms with Crippen LogP contribution in [0.4, 0.5) is 5.82 Å². The highest BCUT2D eigenvalue weighted by molar-refractivity contribution is 5.66. The number of nitriles is 1. The highest BCUT2D eigenvalue weighted by atomic mass is 16.5. The van der Waals surface area contributed by atoms with Crippen LogP contribution in [0.25, 0.3) is 11.4 Å². The molecule has 0 aliphatic rings. The predicted octanol–water partition coefficient (Wildman–Crippen LogP) is 2.12. The van der Waals surface area contributed by atoms with Gasteiger partial charge in [0.15, 0.2) is 17.4 Å². The quantitative estimate of drug-likeness (QED) is 0.746. The highest BCUT2D eigenvalue weighted by Crippen LogP contribution is 2.32. The van der Waals surface area contributed by atoms with E-state index in [-0.39, 0.29) is 0 Å². The van der Waals surface area contributed by atoms with E-state index in [1.807, 2.05) is 19.0 Å². The van der Waals surface area contributed by atoms with Crippen LogP contribution in [0.2, 0.25) is 0 Å². The SMILES string of the molecule is CN(C)c1cc(Oc2cc(C#N)ccc2-c2ncc(CN)cn2)cnn1. The summed E-state index contributed by atoms with van der Waals surface area (Å²) in [7, 11) is 3.73. The van der Waals surface area contributed by atoms with Crippen molar-refractivity contribution in [1.82, 2.24) is 20.2 Å². The lowest BCUT2D eigenvalue weighted by atomic mass is 10.1. The summed E-state index contributed by atoms with van der Waals surface area (Å²) in [6.07, 6.45) is 4.85. The molecule has 0 aliphatic heterocycles. The van der Waals surface area contributed by atoms with Crippen molar-refractivity contribution in [1.29, 1.82) is 5.26 Å². The van der Waals surface area contributed by atoms with Gasteiger partial charge in [-0.25, -0.2) is 9.97 Å². The average molecular weight is 347 g/mol. The Bertz CT molecular complexity index is 948. The topological polar surface area (TPSA) is 114 Å². The van der Waals surface area contributed by atoms with Crippen LogP contribution in [0.3, 0.4) is 0 Å².